The molecule has 2 heterocycles. The average Bonchev–Trinajstić information content (AvgIpc) is 2.44. The van der Waals surface area contributed by atoms with Crippen LogP contribution in [0.3, 0.4) is 0 Å². The topological polar surface area (TPSA) is 71.3 Å². The Morgan fingerprint density at radius 2 is 2.43 bits per heavy atom. The van der Waals surface area contributed by atoms with Crippen LogP contribution in [0.4, 0.5) is 0 Å². The van der Waals surface area contributed by atoms with Crippen LogP contribution < -0.4 is 5.32 Å². The number of nitro groups is 1. The van der Waals surface area contributed by atoms with Crippen LogP contribution in [0.25, 0.3) is 0 Å². The smallest absolute Gasteiger partial charge is 0.274 e. The summed E-state index contributed by atoms with van der Waals surface area (Å²) in [5.41, 5.74) is 0.979. The normalized spacial score (nSPS) is 20.4. The van der Waals surface area contributed by atoms with Crippen molar-refractivity contribution in [3.05, 3.63) is 51.2 Å². The van der Waals surface area contributed by atoms with Crippen LogP contribution in [0.15, 0.2) is 30.4 Å². The minimum atomic E-state index is -0.421. The van der Waals surface area contributed by atoms with Crippen LogP contribution in [-0.2, 0) is 6.54 Å². The van der Waals surface area contributed by atoms with Gasteiger partial charge >= 0.3 is 0 Å². The van der Waals surface area contributed by atoms with Crippen molar-refractivity contribution >= 4 is 11.6 Å². The number of nitrogens with one attached hydrogen (secondary N) is 1. The van der Waals surface area contributed by atoms with Gasteiger partial charge < -0.3 is 10.2 Å². The first-order chi connectivity index (χ1) is 10.1. The summed E-state index contributed by atoms with van der Waals surface area (Å²) in [6, 6.07) is 3.62. The Hall–Kier alpha value is -1.82. The average molecular weight is 311 g/mol. The Bertz CT molecular complexity index is 518. The second kappa shape index (κ2) is 7.26. The van der Waals surface area contributed by atoms with Crippen molar-refractivity contribution in [3.8, 4) is 0 Å². The van der Waals surface area contributed by atoms with Crippen molar-refractivity contribution < 1.29 is 4.92 Å². The van der Waals surface area contributed by atoms with Crippen LogP contribution in [0, 0.1) is 16.0 Å². The highest BCUT2D eigenvalue weighted by atomic mass is 35.5. The third-order valence-electron chi connectivity index (χ3n) is 3.48. The number of halogens is 1. The molecule has 0 aliphatic carbocycles. The number of hydrogen-bond donors (Lipinski definition) is 1. The molecule has 1 fully saturated rings. The minimum Gasteiger partial charge on any atom is -0.366 e. The van der Waals surface area contributed by atoms with E-state index in [9.17, 15) is 10.1 Å². The van der Waals surface area contributed by atoms with Gasteiger partial charge in [0.1, 0.15) is 5.15 Å². The Balaban J connectivity index is 2.12. The summed E-state index contributed by atoms with van der Waals surface area (Å²) in [5, 5.41) is 14.4. The molecule has 1 aliphatic rings. The molecule has 114 valence electrons. The number of nitrogens with zero attached hydrogens (tertiary/aromatic N) is 3. The second-order valence-electron chi connectivity index (χ2n) is 5.20. The van der Waals surface area contributed by atoms with Gasteiger partial charge in [0.2, 0.25) is 0 Å². The fraction of sp³-hybridized carbons (Fsp3) is 0.500. The highest BCUT2D eigenvalue weighted by Gasteiger charge is 2.24. The third-order valence-corrected chi connectivity index (χ3v) is 3.70. The van der Waals surface area contributed by atoms with E-state index in [4.69, 9.17) is 11.6 Å². The minimum absolute atomic E-state index is 0.421. The molecule has 21 heavy (non-hydrogen) atoms. The molecule has 1 aromatic heterocycles. The van der Waals surface area contributed by atoms with E-state index in [0.29, 0.717) is 23.4 Å². The number of aromatic nitrogens is 1. The van der Waals surface area contributed by atoms with E-state index in [2.05, 4.69) is 17.2 Å². The number of hydrogen-bond acceptors (Lipinski definition) is 5. The van der Waals surface area contributed by atoms with Gasteiger partial charge in [-0.2, -0.15) is 0 Å². The Kier molecular flexibility index (Phi) is 5.38. The van der Waals surface area contributed by atoms with Crippen molar-refractivity contribution in [2.24, 2.45) is 5.92 Å². The predicted molar refractivity (Wildman–Crippen MR) is 81.1 cm³/mol. The lowest BCUT2D eigenvalue weighted by Crippen LogP contribution is -2.45. The van der Waals surface area contributed by atoms with Gasteiger partial charge in [0.25, 0.3) is 6.20 Å². The molecule has 7 heteroatoms. The summed E-state index contributed by atoms with van der Waals surface area (Å²) in [7, 11) is 0. The maximum atomic E-state index is 10.8. The number of rotatable bonds is 5. The Morgan fingerprint density at radius 3 is 3.05 bits per heavy atom. The van der Waals surface area contributed by atoms with E-state index >= 15 is 0 Å². The lowest BCUT2D eigenvalue weighted by atomic mass is 10.0. The lowest BCUT2D eigenvalue weighted by Gasteiger charge is -2.36. The van der Waals surface area contributed by atoms with Gasteiger partial charge in [0.05, 0.1) is 4.92 Å². The SMILES string of the molecule is CCCC1CN/C(=C/[N+](=O)[O-])N(Cc2ccc(Cl)nc2)C1. The van der Waals surface area contributed by atoms with Crippen LogP contribution in [0.2, 0.25) is 5.15 Å². The van der Waals surface area contributed by atoms with Gasteiger partial charge in [0.15, 0.2) is 5.82 Å². The van der Waals surface area contributed by atoms with E-state index in [-0.39, 0.29) is 0 Å². The summed E-state index contributed by atoms with van der Waals surface area (Å²) in [6.07, 6.45) is 4.95. The van der Waals surface area contributed by atoms with Crippen LogP contribution in [0.1, 0.15) is 25.3 Å². The molecule has 1 unspecified atom stereocenters. The third kappa shape index (κ3) is 4.60. The molecule has 0 amide bonds. The number of pyridine rings is 1. The van der Waals surface area contributed by atoms with Gasteiger partial charge in [0, 0.05) is 25.8 Å². The highest BCUT2D eigenvalue weighted by molar-refractivity contribution is 6.29. The summed E-state index contributed by atoms with van der Waals surface area (Å²) < 4.78 is 0. The summed E-state index contributed by atoms with van der Waals surface area (Å²) in [4.78, 5) is 16.4. The molecule has 1 atom stereocenters. The molecule has 1 aliphatic heterocycles. The highest BCUT2D eigenvalue weighted by Crippen LogP contribution is 2.20. The maximum absolute atomic E-state index is 10.8. The molecular weight excluding hydrogens is 292 g/mol. The summed E-state index contributed by atoms with van der Waals surface area (Å²) in [5.74, 6) is 1.06. The fourth-order valence-corrected chi connectivity index (χ4v) is 2.65. The van der Waals surface area contributed by atoms with Crippen molar-refractivity contribution in [1.29, 1.82) is 0 Å². The van der Waals surface area contributed by atoms with Gasteiger partial charge in [-0.1, -0.05) is 31.0 Å². The zero-order chi connectivity index (χ0) is 15.2. The molecule has 6 nitrogen and oxygen atoms in total. The lowest BCUT2D eigenvalue weighted by molar-refractivity contribution is -0.405. The van der Waals surface area contributed by atoms with Gasteiger partial charge in [-0.25, -0.2) is 4.98 Å². The van der Waals surface area contributed by atoms with Crippen molar-refractivity contribution in [2.45, 2.75) is 26.3 Å². The van der Waals surface area contributed by atoms with Gasteiger partial charge in [-0.3, -0.25) is 10.1 Å². The van der Waals surface area contributed by atoms with E-state index in [1.54, 1.807) is 12.3 Å². The van der Waals surface area contributed by atoms with Crippen molar-refractivity contribution in [3.63, 3.8) is 0 Å². The van der Waals surface area contributed by atoms with Crippen molar-refractivity contribution in [2.75, 3.05) is 13.1 Å². The van der Waals surface area contributed by atoms with E-state index < -0.39 is 4.92 Å². The first-order valence-electron chi connectivity index (χ1n) is 7.03. The zero-order valence-corrected chi connectivity index (χ0v) is 12.7. The summed E-state index contributed by atoms with van der Waals surface area (Å²) >= 11 is 5.78. The molecule has 1 aromatic rings. The molecular formula is C14H19ClN4O2. The van der Waals surface area contributed by atoms with E-state index in [0.717, 1.165) is 37.7 Å². The molecule has 0 radical (unpaired) electrons. The van der Waals surface area contributed by atoms with Gasteiger partial charge in [-0.05, 0) is 24.0 Å². The Labute approximate surface area is 129 Å². The van der Waals surface area contributed by atoms with Crippen LogP contribution >= 0.6 is 11.6 Å². The maximum Gasteiger partial charge on any atom is 0.274 e. The molecule has 0 spiro atoms. The zero-order valence-electron chi connectivity index (χ0n) is 12.0. The van der Waals surface area contributed by atoms with E-state index in [1.807, 2.05) is 11.0 Å². The predicted octanol–water partition coefficient (Wildman–Crippen LogP) is 2.63. The van der Waals surface area contributed by atoms with Gasteiger partial charge in [-0.15, -0.1) is 0 Å². The van der Waals surface area contributed by atoms with E-state index in [1.165, 1.54) is 0 Å². The molecule has 0 saturated carbocycles. The first-order valence-corrected chi connectivity index (χ1v) is 7.41. The van der Waals surface area contributed by atoms with Crippen molar-refractivity contribution in [1.82, 2.24) is 15.2 Å². The monoisotopic (exact) mass is 310 g/mol. The quantitative estimate of drug-likeness (QED) is 0.514. The second-order valence-corrected chi connectivity index (χ2v) is 5.59. The Morgan fingerprint density at radius 1 is 1.62 bits per heavy atom. The molecule has 1 N–H and O–H groups in total. The van der Waals surface area contributed by atoms with Crippen LogP contribution in [0.5, 0.6) is 0 Å². The van der Waals surface area contributed by atoms with Crippen LogP contribution in [-0.4, -0.2) is 27.9 Å². The fourth-order valence-electron chi connectivity index (χ4n) is 2.53. The first kappa shape index (κ1) is 15.6. The standard InChI is InChI=1S/C14H19ClN4O2/c1-2-3-11-7-17-14(10-19(20)21)18(8-11)9-12-4-5-13(15)16-6-12/h4-6,10-11,17H,2-3,7-9H2,1H3/b14-10-. The molecule has 2 rings (SSSR count). The molecule has 0 aromatic carbocycles. The summed E-state index contributed by atoms with van der Waals surface area (Å²) in [6.45, 7) is 4.32. The molecule has 0 bridgehead atoms. The largest absolute Gasteiger partial charge is 0.366 e. The molecule has 1 saturated heterocycles.